The van der Waals surface area contributed by atoms with E-state index in [0.29, 0.717) is 17.5 Å². The summed E-state index contributed by atoms with van der Waals surface area (Å²) >= 11 is 3.20. The molecule has 21 heavy (non-hydrogen) atoms. The number of hydrazine groups is 1. The minimum atomic E-state index is -0.267. The molecule has 2 aromatic rings. The van der Waals surface area contributed by atoms with Crippen molar-refractivity contribution in [2.75, 3.05) is 6.61 Å². The van der Waals surface area contributed by atoms with Crippen molar-refractivity contribution in [2.45, 2.75) is 19.4 Å². The quantitative estimate of drug-likeness (QED) is 0.615. The third kappa shape index (κ3) is 4.27. The Labute approximate surface area is 132 Å². The normalized spacial score (nSPS) is 12.2. The number of hydrogen-bond donors (Lipinski definition) is 2. The van der Waals surface area contributed by atoms with Gasteiger partial charge in [0.1, 0.15) is 11.6 Å². The monoisotopic (exact) mass is 352 g/mol. The van der Waals surface area contributed by atoms with Gasteiger partial charge in [0.15, 0.2) is 0 Å². The highest BCUT2D eigenvalue weighted by atomic mass is 79.9. The van der Waals surface area contributed by atoms with E-state index in [1.165, 1.54) is 6.07 Å². The number of benzene rings is 2. The van der Waals surface area contributed by atoms with Gasteiger partial charge in [-0.2, -0.15) is 0 Å². The fourth-order valence-electron chi connectivity index (χ4n) is 2.14. The van der Waals surface area contributed by atoms with Crippen LogP contribution in [0.1, 0.15) is 24.1 Å². The van der Waals surface area contributed by atoms with Crippen molar-refractivity contribution in [3.63, 3.8) is 0 Å². The smallest absolute Gasteiger partial charge is 0.137 e. The van der Waals surface area contributed by atoms with Gasteiger partial charge in [0.2, 0.25) is 0 Å². The molecule has 0 radical (unpaired) electrons. The molecule has 0 heterocycles. The molecule has 0 saturated heterocycles. The summed E-state index contributed by atoms with van der Waals surface area (Å²) in [7, 11) is 0. The maximum atomic E-state index is 13.3. The zero-order valence-electron chi connectivity index (χ0n) is 11.8. The third-order valence-electron chi connectivity index (χ3n) is 3.22. The van der Waals surface area contributed by atoms with Gasteiger partial charge >= 0.3 is 0 Å². The van der Waals surface area contributed by atoms with E-state index >= 15 is 0 Å². The molecule has 0 spiro atoms. The summed E-state index contributed by atoms with van der Waals surface area (Å²) in [6, 6.07) is 12.7. The summed E-state index contributed by atoms with van der Waals surface area (Å²) in [5.41, 5.74) is 4.86. The van der Waals surface area contributed by atoms with Crippen LogP contribution in [-0.2, 0) is 6.42 Å². The maximum Gasteiger partial charge on any atom is 0.137 e. The van der Waals surface area contributed by atoms with Crippen molar-refractivity contribution in [1.29, 1.82) is 0 Å². The Morgan fingerprint density at radius 1 is 1.24 bits per heavy atom. The molecule has 0 bridgehead atoms. The zero-order chi connectivity index (χ0) is 15.2. The first-order valence-corrected chi connectivity index (χ1v) is 7.56. The maximum absolute atomic E-state index is 13.3. The van der Waals surface area contributed by atoms with E-state index < -0.39 is 0 Å². The molecular formula is C16H18BrFN2O. The number of rotatable bonds is 6. The number of ether oxygens (including phenoxy) is 1. The summed E-state index contributed by atoms with van der Waals surface area (Å²) < 4.78 is 19.1. The van der Waals surface area contributed by atoms with Crippen molar-refractivity contribution >= 4 is 15.9 Å². The lowest BCUT2D eigenvalue weighted by molar-refractivity contribution is 0.340. The zero-order valence-corrected chi connectivity index (χ0v) is 13.4. The molecule has 0 aliphatic carbocycles. The minimum absolute atomic E-state index is 0.0435. The van der Waals surface area contributed by atoms with Crippen LogP contribution < -0.4 is 16.0 Å². The van der Waals surface area contributed by atoms with Crippen molar-refractivity contribution in [3.05, 3.63) is 63.9 Å². The molecular weight excluding hydrogens is 335 g/mol. The predicted molar refractivity (Wildman–Crippen MR) is 85.5 cm³/mol. The van der Waals surface area contributed by atoms with Crippen LogP contribution in [0.4, 0.5) is 4.39 Å². The van der Waals surface area contributed by atoms with Gasteiger partial charge in [-0.15, -0.1) is 0 Å². The Morgan fingerprint density at radius 2 is 1.95 bits per heavy atom. The molecule has 2 aromatic carbocycles. The Morgan fingerprint density at radius 3 is 2.52 bits per heavy atom. The van der Waals surface area contributed by atoms with Crippen LogP contribution in [0.3, 0.4) is 0 Å². The Bertz CT molecular complexity index is 589. The van der Waals surface area contributed by atoms with Gasteiger partial charge in [-0.05, 0) is 64.7 Å². The van der Waals surface area contributed by atoms with Gasteiger partial charge in [-0.25, -0.2) is 4.39 Å². The molecule has 3 nitrogen and oxygen atoms in total. The predicted octanol–water partition coefficient (Wildman–Crippen LogP) is 3.73. The number of hydrogen-bond acceptors (Lipinski definition) is 3. The largest absolute Gasteiger partial charge is 0.494 e. The number of nitrogens with one attached hydrogen (secondary N) is 1. The van der Waals surface area contributed by atoms with Gasteiger partial charge in [0.25, 0.3) is 0 Å². The Balaban J connectivity index is 2.13. The lowest BCUT2D eigenvalue weighted by Crippen LogP contribution is -2.29. The summed E-state index contributed by atoms with van der Waals surface area (Å²) in [5.74, 6) is 6.22. The highest BCUT2D eigenvalue weighted by Gasteiger charge is 2.12. The van der Waals surface area contributed by atoms with Gasteiger partial charge in [0, 0.05) is 6.04 Å². The second-order valence-electron chi connectivity index (χ2n) is 4.67. The summed E-state index contributed by atoms with van der Waals surface area (Å²) in [4.78, 5) is 0. The Kier molecular flexibility index (Phi) is 5.73. The van der Waals surface area contributed by atoms with Crippen molar-refractivity contribution in [3.8, 4) is 5.75 Å². The molecule has 0 aliphatic rings. The highest BCUT2D eigenvalue weighted by Crippen LogP contribution is 2.23. The first-order valence-electron chi connectivity index (χ1n) is 6.77. The molecule has 0 saturated carbocycles. The molecule has 1 unspecified atom stereocenters. The van der Waals surface area contributed by atoms with E-state index in [1.807, 2.05) is 31.2 Å². The molecule has 2 rings (SSSR count). The second-order valence-corrected chi connectivity index (χ2v) is 5.53. The molecule has 0 amide bonds. The lowest BCUT2D eigenvalue weighted by atomic mass is 9.99. The molecule has 0 fully saturated rings. The first-order chi connectivity index (χ1) is 10.1. The van der Waals surface area contributed by atoms with Crippen molar-refractivity contribution < 1.29 is 9.13 Å². The number of halogens is 2. The summed E-state index contributed by atoms with van der Waals surface area (Å²) in [5, 5.41) is 0. The van der Waals surface area contributed by atoms with Crippen molar-refractivity contribution in [2.24, 2.45) is 5.84 Å². The highest BCUT2D eigenvalue weighted by molar-refractivity contribution is 9.10. The van der Waals surface area contributed by atoms with E-state index in [0.717, 1.165) is 16.9 Å². The number of nitrogens with two attached hydrogens (primary N) is 1. The van der Waals surface area contributed by atoms with Crippen LogP contribution in [0.2, 0.25) is 0 Å². The van der Waals surface area contributed by atoms with Crippen LogP contribution in [-0.4, -0.2) is 6.61 Å². The van der Waals surface area contributed by atoms with Crippen LogP contribution in [0.15, 0.2) is 46.9 Å². The van der Waals surface area contributed by atoms with Crippen LogP contribution in [0.5, 0.6) is 5.75 Å². The third-order valence-corrected chi connectivity index (χ3v) is 3.83. The van der Waals surface area contributed by atoms with E-state index in [2.05, 4.69) is 21.4 Å². The lowest BCUT2D eigenvalue weighted by Gasteiger charge is -2.17. The fourth-order valence-corrected chi connectivity index (χ4v) is 2.56. The van der Waals surface area contributed by atoms with Crippen molar-refractivity contribution in [1.82, 2.24) is 5.43 Å². The van der Waals surface area contributed by atoms with E-state index in [-0.39, 0.29) is 11.9 Å². The second kappa shape index (κ2) is 7.54. The van der Waals surface area contributed by atoms with Gasteiger partial charge < -0.3 is 4.74 Å². The average molecular weight is 353 g/mol. The van der Waals surface area contributed by atoms with E-state index in [4.69, 9.17) is 10.6 Å². The minimum Gasteiger partial charge on any atom is -0.494 e. The first kappa shape index (κ1) is 15.9. The van der Waals surface area contributed by atoms with E-state index in [9.17, 15) is 4.39 Å². The van der Waals surface area contributed by atoms with Gasteiger partial charge in [0.05, 0.1) is 11.1 Å². The molecule has 0 aliphatic heterocycles. The molecule has 112 valence electrons. The van der Waals surface area contributed by atoms with Crippen LogP contribution >= 0.6 is 15.9 Å². The Hall–Kier alpha value is -1.43. The average Bonchev–Trinajstić information content (AvgIpc) is 2.50. The summed E-state index contributed by atoms with van der Waals surface area (Å²) in [6.45, 7) is 2.59. The SMILES string of the molecule is CCOc1ccc(C(Cc2ccc(F)c(Br)c2)NN)cc1. The van der Waals surface area contributed by atoms with Gasteiger partial charge in [-0.1, -0.05) is 18.2 Å². The summed E-state index contributed by atoms with van der Waals surface area (Å²) in [6.07, 6.45) is 0.670. The fraction of sp³-hybridized carbons (Fsp3) is 0.250. The molecule has 0 aromatic heterocycles. The topological polar surface area (TPSA) is 47.3 Å². The molecule has 5 heteroatoms. The van der Waals surface area contributed by atoms with Crippen LogP contribution in [0, 0.1) is 5.82 Å². The van der Waals surface area contributed by atoms with Crippen LogP contribution in [0.25, 0.3) is 0 Å². The molecule has 3 N–H and O–H groups in total. The van der Waals surface area contributed by atoms with Gasteiger partial charge in [-0.3, -0.25) is 11.3 Å². The molecule has 1 atom stereocenters. The standard InChI is InChI=1S/C16H18BrFN2O/c1-2-21-13-6-4-12(5-7-13)16(20-19)10-11-3-8-15(18)14(17)9-11/h3-9,16,20H,2,10,19H2,1H3. The van der Waals surface area contributed by atoms with E-state index in [1.54, 1.807) is 12.1 Å².